The molecule has 1 aromatic rings. The van der Waals surface area contributed by atoms with Gasteiger partial charge in [-0.3, -0.25) is 4.79 Å². The number of rotatable bonds is 3. The molecule has 1 atom stereocenters. The molecule has 1 aliphatic rings. The van der Waals surface area contributed by atoms with Gasteiger partial charge in [0.2, 0.25) is 0 Å². The van der Waals surface area contributed by atoms with Crippen molar-refractivity contribution in [2.75, 3.05) is 6.54 Å². The van der Waals surface area contributed by atoms with Crippen LogP contribution in [0.15, 0.2) is 12.1 Å². The minimum atomic E-state index is -0.954. The number of amides is 1. The summed E-state index contributed by atoms with van der Waals surface area (Å²) in [4.78, 5) is 11.9. The number of aliphatic hydroxyl groups excluding tert-OH is 1. The van der Waals surface area contributed by atoms with E-state index in [0.29, 0.717) is 17.6 Å². The summed E-state index contributed by atoms with van der Waals surface area (Å²) in [6.45, 7) is 3.96. The van der Waals surface area contributed by atoms with Crippen LogP contribution in [0.3, 0.4) is 0 Å². The van der Waals surface area contributed by atoms with Crippen LogP contribution in [0, 0.1) is 6.92 Å². The maximum Gasteiger partial charge on any atom is 0.492 e. The Bertz CT molecular complexity index is 475. The lowest BCUT2D eigenvalue weighted by Crippen LogP contribution is -2.35. The Hall–Kier alpha value is -1.37. The van der Waals surface area contributed by atoms with Gasteiger partial charge >= 0.3 is 7.12 Å². The normalized spacial score (nSPS) is 15.4. The van der Waals surface area contributed by atoms with Crippen LogP contribution < -0.4 is 10.8 Å². The summed E-state index contributed by atoms with van der Waals surface area (Å²) >= 11 is 0. The highest BCUT2D eigenvalue weighted by Gasteiger charge is 2.30. The molecule has 1 amide bonds. The molecule has 0 spiro atoms. The standard InChI is InChI=1S/C12H16BNO4/c1-7(15)5-14-12(16)10-4-3-9-6-18-13(17)11(9)8(10)2/h3-4,7,15,17H,5-6H2,1-2H3,(H,14,16). The third-order valence-corrected chi connectivity index (χ3v) is 3.05. The van der Waals surface area contributed by atoms with Crippen molar-refractivity contribution < 1.29 is 19.6 Å². The fraction of sp³-hybridized carbons (Fsp3) is 0.417. The quantitative estimate of drug-likeness (QED) is 0.620. The maximum absolute atomic E-state index is 11.9. The van der Waals surface area contributed by atoms with Crippen LogP contribution in [-0.4, -0.2) is 35.8 Å². The van der Waals surface area contributed by atoms with Crippen molar-refractivity contribution in [2.45, 2.75) is 26.6 Å². The van der Waals surface area contributed by atoms with Crippen molar-refractivity contribution >= 4 is 18.5 Å². The minimum absolute atomic E-state index is 0.203. The molecule has 0 fully saturated rings. The minimum Gasteiger partial charge on any atom is -0.423 e. The lowest BCUT2D eigenvalue weighted by Gasteiger charge is -2.12. The van der Waals surface area contributed by atoms with Crippen LogP contribution in [-0.2, 0) is 11.3 Å². The number of aliphatic hydroxyl groups is 1. The second-order valence-corrected chi connectivity index (χ2v) is 4.53. The van der Waals surface area contributed by atoms with Gasteiger partial charge in [-0.25, -0.2) is 0 Å². The average Bonchev–Trinajstić information content (AvgIpc) is 2.69. The number of nitrogens with one attached hydrogen (secondary N) is 1. The van der Waals surface area contributed by atoms with Crippen LogP contribution in [0.25, 0.3) is 0 Å². The number of benzene rings is 1. The molecule has 96 valence electrons. The van der Waals surface area contributed by atoms with Crippen molar-refractivity contribution in [1.29, 1.82) is 0 Å². The van der Waals surface area contributed by atoms with Crippen LogP contribution in [0.2, 0.25) is 0 Å². The molecule has 0 aromatic heterocycles. The summed E-state index contributed by atoms with van der Waals surface area (Å²) in [5.41, 5.74) is 2.81. The number of hydrogen-bond acceptors (Lipinski definition) is 4. The van der Waals surface area contributed by atoms with E-state index in [1.54, 1.807) is 26.0 Å². The van der Waals surface area contributed by atoms with Gasteiger partial charge < -0.3 is 20.1 Å². The molecular weight excluding hydrogens is 233 g/mol. The topological polar surface area (TPSA) is 78.8 Å². The molecule has 18 heavy (non-hydrogen) atoms. The van der Waals surface area contributed by atoms with E-state index in [1.165, 1.54) is 0 Å². The largest absolute Gasteiger partial charge is 0.492 e. The van der Waals surface area contributed by atoms with Gasteiger partial charge in [0.25, 0.3) is 5.91 Å². The predicted octanol–water partition coefficient (Wildman–Crippen LogP) is -0.677. The van der Waals surface area contributed by atoms with Gasteiger partial charge in [0.05, 0.1) is 12.7 Å². The fourth-order valence-electron chi connectivity index (χ4n) is 2.09. The Morgan fingerprint density at radius 3 is 3.00 bits per heavy atom. The van der Waals surface area contributed by atoms with Crippen LogP contribution in [0.4, 0.5) is 0 Å². The van der Waals surface area contributed by atoms with E-state index < -0.39 is 13.2 Å². The molecule has 0 aliphatic carbocycles. The molecule has 1 aliphatic heterocycles. The molecule has 3 N–H and O–H groups in total. The smallest absolute Gasteiger partial charge is 0.423 e. The van der Waals surface area contributed by atoms with Gasteiger partial charge in [-0.1, -0.05) is 6.07 Å². The molecule has 1 unspecified atom stereocenters. The van der Waals surface area contributed by atoms with Crippen molar-refractivity contribution in [3.05, 3.63) is 28.8 Å². The third-order valence-electron chi connectivity index (χ3n) is 3.05. The molecule has 6 heteroatoms. The summed E-state index contributed by atoms with van der Waals surface area (Å²) in [7, 11) is -0.954. The van der Waals surface area contributed by atoms with Gasteiger partial charge in [-0.15, -0.1) is 0 Å². The molecule has 1 aromatic carbocycles. The van der Waals surface area contributed by atoms with Gasteiger partial charge in [0.1, 0.15) is 0 Å². The first-order valence-electron chi connectivity index (χ1n) is 5.89. The molecule has 2 rings (SSSR count). The van der Waals surface area contributed by atoms with E-state index in [-0.39, 0.29) is 12.5 Å². The number of hydrogen-bond donors (Lipinski definition) is 3. The molecule has 1 heterocycles. The van der Waals surface area contributed by atoms with E-state index >= 15 is 0 Å². The van der Waals surface area contributed by atoms with Gasteiger partial charge in [0.15, 0.2) is 0 Å². The Morgan fingerprint density at radius 1 is 1.61 bits per heavy atom. The van der Waals surface area contributed by atoms with E-state index in [4.69, 9.17) is 9.76 Å². The lowest BCUT2D eigenvalue weighted by atomic mass is 9.75. The van der Waals surface area contributed by atoms with Crippen molar-refractivity contribution in [3.63, 3.8) is 0 Å². The third kappa shape index (κ3) is 2.41. The molecule has 0 saturated heterocycles. The maximum atomic E-state index is 11.9. The second-order valence-electron chi connectivity index (χ2n) is 4.53. The van der Waals surface area contributed by atoms with E-state index in [9.17, 15) is 9.82 Å². The highest BCUT2D eigenvalue weighted by molar-refractivity contribution is 6.62. The second kappa shape index (κ2) is 5.10. The summed E-state index contributed by atoms with van der Waals surface area (Å²) in [6, 6.07) is 3.50. The summed E-state index contributed by atoms with van der Waals surface area (Å²) in [5.74, 6) is -0.254. The molecule has 0 radical (unpaired) electrons. The van der Waals surface area contributed by atoms with Gasteiger partial charge in [-0.2, -0.15) is 0 Å². The van der Waals surface area contributed by atoms with Gasteiger partial charge in [0, 0.05) is 12.1 Å². The molecule has 0 bridgehead atoms. The Balaban J connectivity index is 2.25. The predicted molar refractivity (Wildman–Crippen MR) is 67.6 cm³/mol. The fourth-order valence-corrected chi connectivity index (χ4v) is 2.09. The first kappa shape index (κ1) is 13.1. The highest BCUT2D eigenvalue weighted by atomic mass is 16.5. The SMILES string of the molecule is Cc1c(C(=O)NCC(C)O)ccc2c1B(O)OC2. The first-order chi connectivity index (χ1) is 8.50. The van der Waals surface area contributed by atoms with Gasteiger partial charge in [-0.05, 0) is 36.5 Å². The first-order valence-corrected chi connectivity index (χ1v) is 5.89. The molecule has 5 nitrogen and oxygen atoms in total. The van der Waals surface area contributed by atoms with E-state index in [1.807, 2.05) is 0 Å². The molecule has 0 saturated carbocycles. The number of carbonyl (C=O) groups excluding carboxylic acids is 1. The Morgan fingerprint density at radius 2 is 2.33 bits per heavy atom. The van der Waals surface area contributed by atoms with Crippen LogP contribution in [0.1, 0.15) is 28.4 Å². The zero-order chi connectivity index (χ0) is 13.3. The number of carbonyl (C=O) groups is 1. The van der Waals surface area contributed by atoms with Crippen LogP contribution >= 0.6 is 0 Å². The number of fused-ring (bicyclic) bond motifs is 1. The Labute approximate surface area is 106 Å². The van der Waals surface area contributed by atoms with Crippen LogP contribution in [0.5, 0.6) is 0 Å². The summed E-state index contributed by atoms with van der Waals surface area (Å²) < 4.78 is 5.12. The average molecular weight is 249 g/mol. The summed E-state index contributed by atoms with van der Waals surface area (Å²) in [6.07, 6.45) is -0.586. The van der Waals surface area contributed by atoms with Crippen molar-refractivity contribution in [2.24, 2.45) is 0 Å². The van der Waals surface area contributed by atoms with E-state index in [2.05, 4.69) is 5.32 Å². The zero-order valence-corrected chi connectivity index (χ0v) is 10.4. The van der Waals surface area contributed by atoms with E-state index in [0.717, 1.165) is 11.1 Å². The van der Waals surface area contributed by atoms with Crippen molar-refractivity contribution in [1.82, 2.24) is 5.32 Å². The highest BCUT2D eigenvalue weighted by Crippen LogP contribution is 2.16. The molecular formula is C12H16BNO4. The monoisotopic (exact) mass is 249 g/mol. The Kier molecular flexibility index (Phi) is 3.70. The van der Waals surface area contributed by atoms with Crippen molar-refractivity contribution in [3.8, 4) is 0 Å². The summed E-state index contributed by atoms with van der Waals surface area (Å²) in [5, 5.41) is 21.5. The lowest BCUT2D eigenvalue weighted by molar-refractivity contribution is 0.0923. The zero-order valence-electron chi connectivity index (χ0n) is 10.4.